The molecule has 0 bridgehead atoms. The molecule has 2 heterocycles. The molecule has 0 spiro atoms. The number of hydrogen-bond acceptors (Lipinski definition) is 8. The molecule has 0 aliphatic heterocycles. The van der Waals surface area contributed by atoms with Gasteiger partial charge in [-0.2, -0.15) is 13.4 Å². The third-order valence-electron chi connectivity index (χ3n) is 3.41. The van der Waals surface area contributed by atoms with E-state index >= 15 is 0 Å². The van der Waals surface area contributed by atoms with Crippen LogP contribution in [0, 0.1) is 0 Å². The van der Waals surface area contributed by atoms with Crippen molar-refractivity contribution in [3.8, 4) is 11.6 Å². The fourth-order valence-electron chi connectivity index (χ4n) is 2.11. The molecule has 0 fully saturated rings. The molecule has 0 atom stereocenters. The molecule has 0 radical (unpaired) electrons. The minimum absolute atomic E-state index is 0.0132. The van der Waals surface area contributed by atoms with Crippen LogP contribution in [0.2, 0.25) is 0 Å². The van der Waals surface area contributed by atoms with Crippen LogP contribution in [0.5, 0.6) is 11.6 Å². The maximum absolute atomic E-state index is 12.7. The van der Waals surface area contributed by atoms with E-state index in [1.807, 2.05) is 0 Å². The van der Waals surface area contributed by atoms with Gasteiger partial charge in [0.1, 0.15) is 16.2 Å². The monoisotopic (exact) mass is 487 g/mol. The molecule has 0 aromatic carbocycles. The van der Waals surface area contributed by atoms with Crippen molar-refractivity contribution >= 4 is 43.7 Å². The average Bonchev–Trinajstić information content (AvgIpc) is 2.66. The second kappa shape index (κ2) is 9.05. The summed E-state index contributed by atoms with van der Waals surface area (Å²) in [5, 5.41) is 1.67. The molecular weight excluding hydrogens is 470 g/mol. The molecule has 2 rings (SSSR count). The number of ether oxygens (including phenoxy) is 2. The van der Waals surface area contributed by atoms with E-state index in [2.05, 4.69) is 31.2 Å². The molecule has 29 heavy (non-hydrogen) atoms. The van der Waals surface area contributed by atoms with Gasteiger partial charge in [0.2, 0.25) is 5.88 Å². The van der Waals surface area contributed by atoms with E-state index < -0.39 is 27.0 Å². The van der Waals surface area contributed by atoms with E-state index in [0.717, 1.165) is 0 Å². The van der Waals surface area contributed by atoms with Gasteiger partial charge in [0, 0.05) is 26.2 Å². The van der Waals surface area contributed by atoms with E-state index in [9.17, 15) is 18.0 Å². The Bertz CT molecular complexity index is 1020. The lowest BCUT2D eigenvalue weighted by atomic mass is 10.2. The molecule has 0 saturated carbocycles. The van der Waals surface area contributed by atoms with Gasteiger partial charge in [-0.3, -0.25) is 10.1 Å². The number of sulfonamides is 1. The standard InChI is InChI=1S/C16H18BrN5O6S/c1-22(2)15(23)10-5-6-11(17)18-14(10)29(25,26)21-16(24)20-12-7-9(27-3)8-13(19-12)28-4/h5-8H,1-4H3,(H2,19,20,21,24). The highest BCUT2D eigenvalue weighted by atomic mass is 79.9. The van der Waals surface area contributed by atoms with Crippen molar-refractivity contribution in [1.29, 1.82) is 0 Å². The molecule has 13 heteroatoms. The molecule has 2 aromatic rings. The number of aromatic nitrogens is 2. The first-order valence-corrected chi connectivity index (χ1v) is 10.2. The third kappa shape index (κ3) is 5.54. The maximum Gasteiger partial charge on any atom is 0.334 e. The first-order chi connectivity index (χ1) is 13.6. The van der Waals surface area contributed by atoms with Crippen LogP contribution in [0.4, 0.5) is 10.6 Å². The van der Waals surface area contributed by atoms with Crippen molar-refractivity contribution in [2.75, 3.05) is 33.6 Å². The Hall–Kier alpha value is -2.93. The van der Waals surface area contributed by atoms with Gasteiger partial charge in [0.15, 0.2) is 5.03 Å². The lowest BCUT2D eigenvalue weighted by Gasteiger charge is -2.14. The molecule has 3 amide bonds. The van der Waals surface area contributed by atoms with Gasteiger partial charge >= 0.3 is 6.03 Å². The van der Waals surface area contributed by atoms with Crippen molar-refractivity contribution < 1.29 is 27.5 Å². The van der Waals surface area contributed by atoms with E-state index in [4.69, 9.17) is 9.47 Å². The largest absolute Gasteiger partial charge is 0.496 e. The van der Waals surface area contributed by atoms with Gasteiger partial charge < -0.3 is 14.4 Å². The number of methoxy groups -OCH3 is 2. The summed E-state index contributed by atoms with van der Waals surface area (Å²) >= 11 is 3.06. The zero-order chi connectivity index (χ0) is 21.8. The highest BCUT2D eigenvalue weighted by molar-refractivity contribution is 9.10. The summed E-state index contributed by atoms with van der Waals surface area (Å²) < 4.78 is 37.4. The Morgan fingerprint density at radius 3 is 2.38 bits per heavy atom. The van der Waals surface area contributed by atoms with E-state index in [1.54, 1.807) is 4.72 Å². The van der Waals surface area contributed by atoms with Crippen LogP contribution in [0.15, 0.2) is 33.9 Å². The van der Waals surface area contributed by atoms with Crippen LogP contribution in [0.3, 0.4) is 0 Å². The van der Waals surface area contributed by atoms with Gasteiger partial charge in [0.05, 0.1) is 19.8 Å². The van der Waals surface area contributed by atoms with Crippen molar-refractivity contribution in [3.63, 3.8) is 0 Å². The van der Waals surface area contributed by atoms with E-state index in [0.29, 0.717) is 5.75 Å². The van der Waals surface area contributed by atoms with Crippen LogP contribution in [-0.4, -0.2) is 63.5 Å². The van der Waals surface area contributed by atoms with Gasteiger partial charge in [0.25, 0.3) is 15.9 Å². The van der Waals surface area contributed by atoms with E-state index in [1.165, 1.54) is 57.5 Å². The number of carbonyl (C=O) groups excluding carboxylic acids is 2. The van der Waals surface area contributed by atoms with Gasteiger partial charge in [-0.05, 0) is 28.1 Å². The third-order valence-corrected chi connectivity index (χ3v) is 5.12. The molecule has 0 unspecified atom stereocenters. The summed E-state index contributed by atoms with van der Waals surface area (Å²) in [6.45, 7) is 0. The Morgan fingerprint density at radius 2 is 1.79 bits per heavy atom. The Kier molecular flexibility index (Phi) is 6.97. The van der Waals surface area contributed by atoms with Crippen LogP contribution in [0.25, 0.3) is 0 Å². The first kappa shape index (κ1) is 22.4. The number of hydrogen-bond donors (Lipinski definition) is 2. The smallest absolute Gasteiger partial charge is 0.334 e. The van der Waals surface area contributed by atoms with Crippen molar-refractivity contribution in [2.45, 2.75) is 5.03 Å². The number of pyridine rings is 2. The SMILES string of the molecule is COc1cc(NC(=O)NS(=O)(=O)c2nc(Br)ccc2C(=O)N(C)C)nc(OC)c1. The summed E-state index contributed by atoms with van der Waals surface area (Å²) in [6.07, 6.45) is 0. The van der Waals surface area contributed by atoms with Gasteiger partial charge in [-0.1, -0.05) is 0 Å². The predicted molar refractivity (Wildman–Crippen MR) is 107 cm³/mol. The summed E-state index contributed by atoms with van der Waals surface area (Å²) in [7, 11) is 1.22. The number of halogens is 1. The molecule has 156 valence electrons. The lowest BCUT2D eigenvalue weighted by Crippen LogP contribution is -2.36. The molecule has 2 aromatic heterocycles. The zero-order valence-electron chi connectivity index (χ0n) is 15.9. The molecule has 0 aliphatic carbocycles. The summed E-state index contributed by atoms with van der Waals surface area (Å²) in [5.74, 6) is -0.122. The number of nitrogens with one attached hydrogen (secondary N) is 2. The van der Waals surface area contributed by atoms with Gasteiger partial charge in [-0.25, -0.2) is 14.5 Å². The number of rotatable bonds is 6. The number of carbonyl (C=O) groups is 2. The molecule has 11 nitrogen and oxygen atoms in total. The van der Waals surface area contributed by atoms with Crippen LogP contribution >= 0.6 is 15.9 Å². The Labute approximate surface area is 175 Å². The number of nitrogens with zero attached hydrogens (tertiary/aromatic N) is 3. The fraction of sp³-hybridized carbons (Fsp3) is 0.250. The minimum Gasteiger partial charge on any atom is -0.496 e. The number of urea groups is 1. The van der Waals surface area contributed by atoms with Crippen LogP contribution in [-0.2, 0) is 10.0 Å². The summed E-state index contributed by atoms with van der Waals surface area (Å²) in [4.78, 5) is 33.5. The number of amides is 3. The predicted octanol–water partition coefficient (Wildman–Crippen LogP) is 1.47. The second-order valence-electron chi connectivity index (χ2n) is 5.68. The summed E-state index contributed by atoms with van der Waals surface area (Å²) in [5.41, 5.74) is -0.195. The summed E-state index contributed by atoms with van der Waals surface area (Å²) in [6, 6.07) is 4.44. The maximum atomic E-state index is 12.7. The van der Waals surface area contributed by atoms with Crippen LogP contribution < -0.4 is 19.5 Å². The average molecular weight is 488 g/mol. The first-order valence-electron chi connectivity index (χ1n) is 7.89. The fourth-order valence-corrected chi connectivity index (χ4v) is 3.59. The molecule has 2 N–H and O–H groups in total. The molecule has 0 saturated heterocycles. The highest BCUT2D eigenvalue weighted by Crippen LogP contribution is 2.22. The van der Waals surface area contributed by atoms with E-state index in [-0.39, 0.29) is 21.9 Å². The second-order valence-corrected chi connectivity index (χ2v) is 8.09. The lowest BCUT2D eigenvalue weighted by molar-refractivity contribution is 0.0823. The molecule has 0 aliphatic rings. The normalized spacial score (nSPS) is 10.8. The van der Waals surface area contributed by atoms with Crippen molar-refractivity contribution in [2.24, 2.45) is 0 Å². The Balaban J connectivity index is 2.31. The minimum atomic E-state index is -4.48. The van der Waals surface area contributed by atoms with Crippen molar-refractivity contribution in [1.82, 2.24) is 19.6 Å². The number of anilines is 1. The van der Waals surface area contributed by atoms with Gasteiger partial charge in [-0.15, -0.1) is 0 Å². The molecular formula is C16H18BrN5O6S. The van der Waals surface area contributed by atoms with Crippen LogP contribution in [0.1, 0.15) is 10.4 Å². The zero-order valence-corrected chi connectivity index (χ0v) is 18.3. The Morgan fingerprint density at radius 1 is 1.10 bits per heavy atom. The highest BCUT2D eigenvalue weighted by Gasteiger charge is 2.27. The quantitative estimate of drug-likeness (QED) is 0.583. The van der Waals surface area contributed by atoms with Crippen molar-refractivity contribution in [3.05, 3.63) is 34.4 Å². The topological polar surface area (TPSA) is 140 Å².